The normalized spacial score (nSPS) is 18.6. The van der Waals surface area contributed by atoms with E-state index >= 15 is 0 Å². The largest absolute Gasteiger partial charge is 0.492 e. The van der Waals surface area contributed by atoms with E-state index in [2.05, 4.69) is 46.2 Å². The van der Waals surface area contributed by atoms with Crippen LogP contribution in [0.1, 0.15) is 54.6 Å². The molecule has 0 amide bonds. The van der Waals surface area contributed by atoms with Crippen LogP contribution in [0.2, 0.25) is 0 Å². The number of hydrogen-bond donors (Lipinski definition) is 1. The van der Waals surface area contributed by atoms with Crippen molar-refractivity contribution in [1.82, 2.24) is 19.5 Å². The van der Waals surface area contributed by atoms with Gasteiger partial charge in [-0.2, -0.15) is 4.52 Å². The zero-order chi connectivity index (χ0) is 21.3. The van der Waals surface area contributed by atoms with Crippen LogP contribution in [0.5, 0.6) is 5.88 Å². The average Bonchev–Trinajstić information content (AvgIpc) is 3.29. The van der Waals surface area contributed by atoms with Crippen molar-refractivity contribution in [3.05, 3.63) is 46.1 Å². The number of aromatic hydroxyl groups is 1. The van der Waals surface area contributed by atoms with Crippen LogP contribution in [-0.4, -0.2) is 50.3 Å². The van der Waals surface area contributed by atoms with Crippen LogP contribution in [0.3, 0.4) is 0 Å². The number of thiazole rings is 1. The summed E-state index contributed by atoms with van der Waals surface area (Å²) in [6, 6.07) is 8.19. The van der Waals surface area contributed by atoms with E-state index in [0.29, 0.717) is 18.1 Å². The molecule has 2 atom stereocenters. The van der Waals surface area contributed by atoms with Crippen LogP contribution in [-0.2, 0) is 16.0 Å². The molecule has 0 bridgehead atoms. The molecule has 1 N–H and O–H groups in total. The first-order chi connectivity index (χ1) is 14.5. The van der Waals surface area contributed by atoms with E-state index in [1.165, 1.54) is 21.4 Å². The number of aryl methyl sites for hydroxylation is 2. The van der Waals surface area contributed by atoms with Crippen LogP contribution in [0.15, 0.2) is 24.3 Å². The van der Waals surface area contributed by atoms with Crippen LogP contribution in [0, 0.1) is 12.8 Å². The summed E-state index contributed by atoms with van der Waals surface area (Å²) in [7, 11) is 0. The summed E-state index contributed by atoms with van der Waals surface area (Å²) in [6.45, 7) is 7.74. The molecule has 1 aliphatic heterocycles. The van der Waals surface area contributed by atoms with Crippen molar-refractivity contribution in [1.29, 1.82) is 0 Å². The molecule has 3 aromatic rings. The van der Waals surface area contributed by atoms with Crippen molar-refractivity contribution in [2.75, 3.05) is 19.7 Å². The maximum Gasteiger partial charge on any atom is 0.310 e. The van der Waals surface area contributed by atoms with Crippen molar-refractivity contribution >= 4 is 22.3 Å². The number of piperidine rings is 1. The first-order valence-electron chi connectivity index (χ1n) is 10.6. The van der Waals surface area contributed by atoms with Gasteiger partial charge in [0.25, 0.3) is 0 Å². The van der Waals surface area contributed by atoms with E-state index in [-0.39, 0.29) is 23.8 Å². The molecule has 0 unspecified atom stereocenters. The smallest absolute Gasteiger partial charge is 0.310 e. The maximum absolute atomic E-state index is 12.4. The summed E-state index contributed by atoms with van der Waals surface area (Å²) >= 11 is 1.46. The highest BCUT2D eigenvalue weighted by Gasteiger charge is 2.35. The number of benzene rings is 1. The molecule has 30 heavy (non-hydrogen) atoms. The van der Waals surface area contributed by atoms with Crippen molar-refractivity contribution < 1.29 is 14.6 Å². The second-order valence-electron chi connectivity index (χ2n) is 7.77. The summed E-state index contributed by atoms with van der Waals surface area (Å²) in [5.41, 5.74) is 2.26. The van der Waals surface area contributed by atoms with E-state index in [4.69, 9.17) is 4.74 Å². The van der Waals surface area contributed by atoms with Crippen molar-refractivity contribution in [3.63, 3.8) is 0 Å². The lowest BCUT2D eigenvalue weighted by molar-refractivity contribution is -0.150. The SMILES string of the molecule is CCOC(=O)[C@H]1CCCN([C@@H](c2ccc(C)cc2)c2sc3nc(CC)nn3c2O)C1. The van der Waals surface area contributed by atoms with E-state index in [1.54, 1.807) is 0 Å². The molecule has 0 spiro atoms. The number of rotatable bonds is 6. The molecule has 2 aromatic heterocycles. The average molecular weight is 429 g/mol. The van der Waals surface area contributed by atoms with Crippen molar-refractivity contribution in [3.8, 4) is 5.88 Å². The fraction of sp³-hybridized carbons (Fsp3) is 0.500. The number of carbonyl (C=O) groups is 1. The Balaban J connectivity index is 1.73. The van der Waals surface area contributed by atoms with Crippen molar-refractivity contribution in [2.24, 2.45) is 5.92 Å². The Morgan fingerprint density at radius 3 is 2.77 bits per heavy atom. The Kier molecular flexibility index (Phi) is 6.06. The monoisotopic (exact) mass is 428 g/mol. The quantitative estimate of drug-likeness (QED) is 0.603. The Bertz CT molecular complexity index is 1030. The lowest BCUT2D eigenvalue weighted by atomic mass is 9.94. The zero-order valence-corrected chi connectivity index (χ0v) is 18.5. The zero-order valence-electron chi connectivity index (χ0n) is 17.7. The van der Waals surface area contributed by atoms with Gasteiger partial charge in [0.1, 0.15) is 0 Å². The minimum absolute atomic E-state index is 0.131. The highest BCUT2D eigenvalue weighted by molar-refractivity contribution is 7.17. The summed E-state index contributed by atoms with van der Waals surface area (Å²) in [4.78, 5) is 20.7. The van der Waals surface area contributed by atoms with Gasteiger partial charge in [-0.15, -0.1) is 5.10 Å². The van der Waals surface area contributed by atoms with E-state index in [1.807, 2.05) is 13.8 Å². The van der Waals surface area contributed by atoms with Gasteiger partial charge in [0.15, 0.2) is 5.82 Å². The van der Waals surface area contributed by atoms with Crippen LogP contribution in [0.4, 0.5) is 0 Å². The molecule has 0 radical (unpaired) electrons. The number of ether oxygens (including phenoxy) is 1. The van der Waals surface area contributed by atoms with Crippen LogP contribution < -0.4 is 0 Å². The van der Waals surface area contributed by atoms with Crippen molar-refractivity contribution in [2.45, 2.75) is 46.1 Å². The summed E-state index contributed by atoms with van der Waals surface area (Å²) in [5.74, 6) is 0.563. The third kappa shape index (κ3) is 3.94. The van der Waals surface area contributed by atoms with Gasteiger partial charge in [-0.05, 0) is 38.8 Å². The molecule has 3 heterocycles. The van der Waals surface area contributed by atoms with E-state index < -0.39 is 0 Å². The maximum atomic E-state index is 12.4. The number of fused-ring (bicyclic) bond motifs is 1. The molecular formula is C22H28N4O3S. The fourth-order valence-electron chi connectivity index (χ4n) is 4.09. The standard InChI is InChI=1S/C22H28N4O3S/c1-4-17-23-22-26(24-17)20(27)19(30-22)18(15-10-8-14(3)9-11-15)25-12-6-7-16(13-25)21(28)29-5-2/h8-11,16,18,27H,4-7,12-13H2,1-3H3/t16-,18-/m0/s1. The number of nitrogens with zero attached hydrogens (tertiary/aromatic N) is 4. The molecule has 7 nitrogen and oxygen atoms in total. The molecule has 1 saturated heterocycles. The molecular weight excluding hydrogens is 400 g/mol. The molecule has 1 aromatic carbocycles. The first kappa shape index (κ1) is 20.8. The lowest BCUT2D eigenvalue weighted by Gasteiger charge is -2.37. The summed E-state index contributed by atoms with van der Waals surface area (Å²) in [5, 5.41) is 15.5. The van der Waals surface area contributed by atoms with E-state index in [9.17, 15) is 9.90 Å². The van der Waals surface area contributed by atoms with Gasteiger partial charge in [-0.3, -0.25) is 9.69 Å². The third-order valence-electron chi connectivity index (χ3n) is 5.64. The molecule has 4 rings (SSSR count). The van der Waals surface area contributed by atoms with Crippen LogP contribution >= 0.6 is 11.3 Å². The molecule has 1 aliphatic rings. The second-order valence-corrected chi connectivity index (χ2v) is 8.77. The van der Waals surface area contributed by atoms with Gasteiger partial charge in [0.05, 0.1) is 23.4 Å². The first-order valence-corrected chi connectivity index (χ1v) is 11.4. The third-order valence-corrected chi connectivity index (χ3v) is 6.71. The summed E-state index contributed by atoms with van der Waals surface area (Å²) in [6.07, 6.45) is 2.46. The Hall–Kier alpha value is -2.45. The van der Waals surface area contributed by atoms with E-state index in [0.717, 1.165) is 42.1 Å². The molecule has 0 saturated carbocycles. The van der Waals surface area contributed by atoms with Gasteiger partial charge in [0.2, 0.25) is 10.8 Å². The number of hydrogen-bond acceptors (Lipinski definition) is 7. The molecule has 1 fully saturated rings. The minimum Gasteiger partial charge on any atom is -0.492 e. The Labute approximate surface area is 180 Å². The number of likely N-dealkylation sites (tertiary alicyclic amines) is 1. The van der Waals surface area contributed by atoms with Gasteiger partial charge in [-0.1, -0.05) is 48.1 Å². The second kappa shape index (κ2) is 8.73. The predicted molar refractivity (Wildman–Crippen MR) is 116 cm³/mol. The predicted octanol–water partition coefficient (Wildman–Crippen LogP) is 3.73. The van der Waals surface area contributed by atoms with Gasteiger partial charge < -0.3 is 9.84 Å². The number of aromatic nitrogens is 3. The molecule has 160 valence electrons. The Morgan fingerprint density at radius 1 is 1.33 bits per heavy atom. The molecule has 8 heteroatoms. The van der Waals surface area contributed by atoms with Crippen LogP contribution in [0.25, 0.3) is 4.96 Å². The molecule has 0 aliphatic carbocycles. The lowest BCUT2D eigenvalue weighted by Crippen LogP contribution is -2.41. The Morgan fingerprint density at radius 2 is 2.10 bits per heavy atom. The number of esters is 1. The van der Waals surface area contributed by atoms with Gasteiger partial charge in [0, 0.05) is 13.0 Å². The minimum atomic E-state index is -0.165. The summed E-state index contributed by atoms with van der Waals surface area (Å²) < 4.78 is 6.82. The fourth-order valence-corrected chi connectivity index (χ4v) is 5.22. The highest BCUT2D eigenvalue weighted by atomic mass is 32.1. The topological polar surface area (TPSA) is 80.0 Å². The number of carbonyl (C=O) groups excluding carboxylic acids is 1. The van der Waals surface area contributed by atoms with Gasteiger partial charge >= 0.3 is 5.97 Å². The highest BCUT2D eigenvalue weighted by Crippen LogP contribution is 2.41. The van der Waals surface area contributed by atoms with Gasteiger partial charge in [-0.25, -0.2) is 4.98 Å².